The van der Waals surface area contributed by atoms with Crippen molar-refractivity contribution in [3.63, 3.8) is 0 Å². The molecule has 0 radical (unpaired) electrons. The Morgan fingerprint density at radius 3 is 1.22 bits per heavy atom. The minimum Gasteiger partial charge on any atom is -0.382 e. The largest absolute Gasteiger partial charge is 0.382 e. The molecule has 0 unspecified atom stereocenters. The molecule has 0 spiro atoms. The van der Waals surface area contributed by atoms with E-state index in [0.29, 0.717) is 86.2 Å². The van der Waals surface area contributed by atoms with E-state index in [9.17, 15) is 26.4 Å². The van der Waals surface area contributed by atoms with Crippen molar-refractivity contribution in [2.75, 3.05) is 88.6 Å². The number of pyridine rings is 2. The lowest BCUT2D eigenvalue weighted by molar-refractivity contribution is 0.101. The number of nitrogens with two attached hydrogens (primary N) is 2. The number of nitrogens with zero attached hydrogens (tertiary/aromatic N) is 10. The van der Waals surface area contributed by atoms with Crippen LogP contribution >= 0.6 is 0 Å². The van der Waals surface area contributed by atoms with Crippen LogP contribution in [0.25, 0.3) is 22.5 Å². The molecule has 2 aliphatic rings. The molecule has 2 amide bonds. The second kappa shape index (κ2) is 19.7. The van der Waals surface area contributed by atoms with Gasteiger partial charge in [0.2, 0.25) is 20.0 Å². The van der Waals surface area contributed by atoms with Crippen LogP contribution in [-0.2, 0) is 20.0 Å². The molecule has 2 fully saturated rings. The van der Waals surface area contributed by atoms with Crippen LogP contribution in [0.5, 0.6) is 0 Å². The van der Waals surface area contributed by atoms with E-state index in [0.717, 1.165) is 0 Å². The van der Waals surface area contributed by atoms with E-state index in [2.05, 4.69) is 50.3 Å². The highest BCUT2D eigenvalue weighted by molar-refractivity contribution is 7.89. The molecule has 20 nitrogen and oxygen atoms in total. The van der Waals surface area contributed by atoms with Crippen molar-refractivity contribution in [3.05, 3.63) is 121 Å². The topological polar surface area (TPSA) is 269 Å². The molecule has 0 bridgehead atoms. The van der Waals surface area contributed by atoms with E-state index in [1.807, 2.05) is 14.1 Å². The molecular formula is C42H46N14O6S2. The summed E-state index contributed by atoms with van der Waals surface area (Å²) in [6.45, 7) is 4.62. The summed E-state index contributed by atoms with van der Waals surface area (Å²) in [4.78, 5) is 54.5. The van der Waals surface area contributed by atoms with Gasteiger partial charge in [0, 0.05) is 75.9 Å². The van der Waals surface area contributed by atoms with Gasteiger partial charge in [0.05, 0.1) is 57.3 Å². The van der Waals surface area contributed by atoms with Crippen LogP contribution < -0.4 is 22.1 Å². The van der Waals surface area contributed by atoms with Gasteiger partial charge in [-0.3, -0.25) is 19.6 Å². The molecule has 64 heavy (non-hydrogen) atoms. The third-order valence-electron chi connectivity index (χ3n) is 10.4. The number of sulfonamides is 2. The number of piperazine rings is 2. The fourth-order valence-corrected chi connectivity index (χ4v) is 9.46. The lowest BCUT2D eigenvalue weighted by Crippen LogP contribution is -2.46. The molecule has 332 valence electrons. The summed E-state index contributed by atoms with van der Waals surface area (Å²) in [5.41, 5.74) is 14.7. The number of anilines is 4. The van der Waals surface area contributed by atoms with Crippen LogP contribution in [0.15, 0.2) is 120 Å². The van der Waals surface area contributed by atoms with E-state index >= 15 is 0 Å². The zero-order valence-corrected chi connectivity index (χ0v) is 36.6. The van der Waals surface area contributed by atoms with E-state index < -0.39 is 31.9 Å². The minimum atomic E-state index is -3.57. The molecule has 2 aliphatic heterocycles. The zero-order chi connectivity index (χ0) is 45.4. The Kier molecular flexibility index (Phi) is 13.9. The summed E-state index contributed by atoms with van der Waals surface area (Å²) in [5, 5.41) is 5.35. The van der Waals surface area contributed by atoms with E-state index in [-0.39, 0.29) is 32.8 Å². The predicted molar refractivity (Wildman–Crippen MR) is 241 cm³/mol. The summed E-state index contributed by atoms with van der Waals surface area (Å²) in [5.74, 6) is -1.05. The average molecular weight is 907 g/mol. The molecular weight excluding hydrogens is 861 g/mol. The lowest BCUT2D eigenvalue weighted by atomic mass is 10.1. The number of nitrogen functional groups attached to an aromatic ring is 2. The maximum Gasteiger partial charge on any atom is 0.278 e. The third-order valence-corrected chi connectivity index (χ3v) is 14.2. The van der Waals surface area contributed by atoms with E-state index in [1.165, 1.54) is 57.7 Å². The highest BCUT2D eigenvalue weighted by atomic mass is 32.2. The maximum absolute atomic E-state index is 12.9. The Labute approximate surface area is 370 Å². The number of aromatic nitrogens is 6. The number of amides is 2. The second-order valence-corrected chi connectivity index (χ2v) is 18.7. The predicted octanol–water partition coefficient (Wildman–Crippen LogP) is 2.62. The monoisotopic (exact) mass is 906 g/mol. The Morgan fingerprint density at radius 1 is 0.531 bits per heavy atom. The molecule has 0 saturated carbocycles. The number of carbonyl (C=O) groups is 2. The molecule has 2 saturated heterocycles. The fourth-order valence-electron chi connectivity index (χ4n) is 6.61. The van der Waals surface area contributed by atoms with E-state index in [4.69, 9.17) is 11.5 Å². The van der Waals surface area contributed by atoms with Gasteiger partial charge >= 0.3 is 0 Å². The highest BCUT2D eigenvalue weighted by Crippen LogP contribution is 2.26. The van der Waals surface area contributed by atoms with Gasteiger partial charge < -0.3 is 31.9 Å². The molecule has 6 N–H and O–H groups in total. The molecule has 2 aromatic carbocycles. The van der Waals surface area contributed by atoms with Crippen LogP contribution in [-0.4, -0.2) is 143 Å². The van der Waals surface area contributed by atoms with Crippen molar-refractivity contribution >= 4 is 54.9 Å². The van der Waals surface area contributed by atoms with Gasteiger partial charge in [-0.25, -0.2) is 36.8 Å². The first-order valence-corrected chi connectivity index (χ1v) is 22.8. The van der Waals surface area contributed by atoms with Crippen molar-refractivity contribution in [1.82, 2.24) is 48.3 Å². The van der Waals surface area contributed by atoms with Gasteiger partial charge in [0.25, 0.3) is 11.8 Å². The smallest absolute Gasteiger partial charge is 0.278 e. The molecule has 0 aliphatic carbocycles. The summed E-state index contributed by atoms with van der Waals surface area (Å²) < 4.78 is 54.6. The number of rotatable bonds is 10. The SMILES string of the molecule is CN1CCN(S(=O)(=O)c2ccc(-c3cnc(N)c(C(=O)Nc4cccnc4)n3)cc2)CC1.CN1CCN(S(=O)(=O)c2ccc(-c3cnc(N)c(C(=O)Nc4cccnc4)n3)cc2)CC1. The quantitative estimate of drug-likeness (QED) is 0.154. The van der Waals surface area contributed by atoms with Gasteiger partial charge in [0.15, 0.2) is 23.0 Å². The Hall–Kier alpha value is -6.82. The van der Waals surface area contributed by atoms with Crippen molar-refractivity contribution in [3.8, 4) is 22.5 Å². The Bertz CT molecular complexity index is 2610. The molecule has 6 heterocycles. The van der Waals surface area contributed by atoms with Crippen molar-refractivity contribution in [2.45, 2.75) is 9.79 Å². The summed E-state index contributed by atoms with van der Waals surface area (Å²) in [6, 6.07) is 19.5. The molecule has 8 rings (SSSR count). The summed E-state index contributed by atoms with van der Waals surface area (Å²) in [7, 11) is -3.19. The number of likely N-dealkylation sites (N-methyl/N-ethyl adjacent to an activating group) is 2. The number of nitrogens with one attached hydrogen (secondary N) is 2. The number of carbonyl (C=O) groups excluding carboxylic acids is 2. The molecule has 0 atom stereocenters. The normalized spacial score (nSPS) is 15.4. The van der Waals surface area contributed by atoms with Crippen LogP contribution in [0.3, 0.4) is 0 Å². The standard InChI is InChI=1S/2C21H23N7O3S/c2*1-27-9-11-28(12-10-27)32(30,31)17-6-4-15(5-7-17)18-14-24-20(22)19(26-18)21(29)25-16-3-2-8-23-13-16/h2*2-8,13-14H,9-12H2,1H3,(H2,22,24)(H,25,29). The van der Waals surface area contributed by atoms with Crippen molar-refractivity contribution in [1.29, 1.82) is 0 Å². The lowest BCUT2D eigenvalue weighted by Gasteiger charge is -2.31. The first kappa shape index (κ1) is 45.2. The van der Waals surface area contributed by atoms with Crippen molar-refractivity contribution in [2.24, 2.45) is 0 Å². The molecule has 4 aromatic heterocycles. The summed E-state index contributed by atoms with van der Waals surface area (Å²) >= 11 is 0. The van der Waals surface area contributed by atoms with Crippen molar-refractivity contribution < 1.29 is 26.4 Å². The number of hydrogen-bond donors (Lipinski definition) is 4. The first-order chi connectivity index (χ1) is 30.7. The third kappa shape index (κ3) is 10.7. The van der Waals surface area contributed by atoms with Gasteiger partial charge in [-0.15, -0.1) is 0 Å². The van der Waals surface area contributed by atoms with Crippen LogP contribution in [0.1, 0.15) is 21.0 Å². The second-order valence-electron chi connectivity index (χ2n) is 14.8. The highest BCUT2D eigenvalue weighted by Gasteiger charge is 2.29. The fraction of sp³-hybridized carbons (Fsp3) is 0.238. The first-order valence-electron chi connectivity index (χ1n) is 19.9. The van der Waals surface area contributed by atoms with Crippen LogP contribution in [0.2, 0.25) is 0 Å². The average Bonchev–Trinajstić information content (AvgIpc) is 3.30. The number of hydrogen-bond acceptors (Lipinski definition) is 16. The van der Waals surface area contributed by atoms with Gasteiger partial charge in [-0.2, -0.15) is 8.61 Å². The Balaban J connectivity index is 0.000000191. The summed E-state index contributed by atoms with van der Waals surface area (Å²) in [6.07, 6.45) is 9.09. The minimum absolute atomic E-state index is 0.00981. The molecule has 22 heteroatoms. The van der Waals surface area contributed by atoms with Crippen LogP contribution in [0.4, 0.5) is 23.0 Å². The van der Waals surface area contributed by atoms with E-state index in [1.54, 1.807) is 60.9 Å². The van der Waals surface area contributed by atoms with Crippen LogP contribution in [0, 0.1) is 0 Å². The van der Waals surface area contributed by atoms with Gasteiger partial charge in [-0.1, -0.05) is 24.3 Å². The maximum atomic E-state index is 12.9. The molecule has 6 aromatic rings. The number of benzene rings is 2. The Morgan fingerprint density at radius 2 is 0.891 bits per heavy atom. The van der Waals surface area contributed by atoms with Gasteiger partial charge in [-0.05, 0) is 62.6 Å². The zero-order valence-electron chi connectivity index (χ0n) is 34.9. The van der Waals surface area contributed by atoms with Gasteiger partial charge in [0.1, 0.15) is 0 Å².